The second kappa shape index (κ2) is 8.05. The van der Waals surface area contributed by atoms with Gasteiger partial charge in [0.2, 0.25) is 5.69 Å². The lowest BCUT2D eigenvalue weighted by molar-refractivity contribution is 0.0485. The molecular formula is C21H20N4O4. The number of aromatic amines is 1. The summed E-state index contributed by atoms with van der Waals surface area (Å²) in [5, 5.41) is 4.29. The van der Waals surface area contributed by atoms with Crippen LogP contribution in [0.1, 0.15) is 16.9 Å². The summed E-state index contributed by atoms with van der Waals surface area (Å²) in [6, 6.07) is 16.9. The highest BCUT2D eigenvalue weighted by atomic mass is 16.5. The molecule has 148 valence electrons. The van der Waals surface area contributed by atoms with Gasteiger partial charge in [0.15, 0.2) is 5.75 Å². The van der Waals surface area contributed by atoms with E-state index in [2.05, 4.69) is 10.1 Å². The van der Waals surface area contributed by atoms with E-state index in [0.29, 0.717) is 18.7 Å². The average Bonchev–Trinajstić information content (AvgIpc) is 3.32. The molecule has 4 rings (SSSR count). The van der Waals surface area contributed by atoms with Gasteiger partial charge in [-0.3, -0.25) is 4.57 Å². The Kier molecular flexibility index (Phi) is 5.15. The molecule has 0 radical (unpaired) electrons. The summed E-state index contributed by atoms with van der Waals surface area (Å²) >= 11 is 0. The van der Waals surface area contributed by atoms with Gasteiger partial charge in [0.25, 0.3) is 0 Å². The molecule has 2 aromatic heterocycles. The number of para-hydroxylation sites is 3. The number of benzene rings is 2. The van der Waals surface area contributed by atoms with Crippen LogP contribution in [0.2, 0.25) is 0 Å². The maximum atomic E-state index is 12.5. The molecule has 0 fully saturated rings. The molecule has 4 aromatic rings. The number of hydrogen-bond donors (Lipinski definition) is 1. The average molecular weight is 392 g/mol. The molecule has 2 aromatic carbocycles. The van der Waals surface area contributed by atoms with E-state index in [1.165, 1.54) is 7.11 Å². The molecule has 0 saturated carbocycles. The number of ether oxygens (including phenoxy) is 2. The Hall–Kier alpha value is -3.81. The van der Waals surface area contributed by atoms with Gasteiger partial charge in [-0.1, -0.05) is 30.3 Å². The van der Waals surface area contributed by atoms with Crippen LogP contribution >= 0.6 is 0 Å². The first-order chi connectivity index (χ1) is 14.2. The number of esters is 1. The van der Waals surface area contributed by atoms with Crippen LogP contribution in [0.5, 0.6) is 5.75 Å². The molecule has 8 nitrogen and oxygen atoms in total. The number of nitrogens with one attached hydrogen (secondary N) is 1. The maximum absolute atomic E-state index is 12.5. The minimum atomic E-state index is -0.567. The van der Waals surface area contributed by atoms with E-state index in [1.807, 2.05) is 54.6 Å². The molecule has 0 amide bonds. The third-order valence-corrected chi connectivity index (χ3v) is 4.56. The number of aromatic nitrogens is 4. The SMILES string of the molecule is COc1cn(-c2ccccc2)nc1C(=O)OCCCn1c(=O)[nH]c2ccccc21. The van der Waals surface area contributed by atoms with Crippen molar-refractivity contribution in [1.29, 1.82) is 0 Å². The molecule has 2 heterocycles. The van der Waals surface area contributed by atoms with Gasteiger partial charge in [-0.25, -0.2) is 14.3 Å². The lowest BCUT2D eigenvalue weighted by Crippen LogP contribution is -2.18. The van der Waals surface area contributed by atoms with Crippen molar-refractivity contribution in [3.05, 3.63) is 77.0 Å². The number of methoxy groups -OCH3 is 1. The first-order valence-corrected chi connectivity index (χ1v) is 9.21. The highest BCUT2D eigenvalue weighted by Crippen LogP contribution is 2.20. The summed E-state index contributed by atoms with van der Waals surface area (Å²) in [5.41, 5.74) is 2.35. The molecule has 0 aliphatic carbocycles. The van der Waals surface area contributed by atoms with Crippen molar-refractivity contribution >= 4 is 17.0 Å². The van der Waals surface area contributed by atoms with Gasteiger partial charge >= 0.3 is 11.7 Å². The quantitative estimate of drug-likeness (QED) is 0.386. The number of H-pyrrole nitrogens is 1. The van der Waals surface area contributed by atoms with Crippen LogP contribution in [0.25, 0.3) is 16.7 Å². The largest absolute Gasteiger partial charge is 0.493 e. The zero-order valence-corrected chi connectivity index (χ0v) is 15.9. The fourth-order valence-electron chi connectivity index (χ4n) is 3.15. The highest BCUT2D eigenvalue weighted by molar-refractivity contribution is 5.90. The number of nitrogens with zero attached hydrogens (tertiary/aromatic N) is 3. The van der Waals surface area contributed by atoms with E-state index in [-0.39, 0.29) is 18.0 Å². The van der Waals surface area contributed by atoms with Crippen LogP contribution in [0.4, 0.5) is 0 Å². The summed E-state index contributed by atoms with van der Waals surface area (Å²) in [6.07, 6.45) is 2.13. The Bertz CT molecular complexity index is 1190. The molecule has 0 bridgehead atoms. The normalized spacial score (nSPS) is 10.9. The summed E-state index contributed by atoms with van der Waals surface area (Å²) in [7, 11) is 1.48. The van der Waals surface area contributed by atoms with Crippen molar-refractivity contribution in [2.75, 3.05) is 13.7 Å². The first-order valence-electron chi connectivity index (χ1n) is 9.21. The number of carbonyl (C=O) groups is 1. The topological polar surface area (TPSA) is 91.1 Å². The van der Waals surface area contributed by atoms with E-state index < -0.39 is 5.97 Å². The fourth-order valence-corrected chi connectivity index (χ4v) is 3.15. The van der Waals surface area contributed by atoms with Crippen LogP contribution in [0, 0.1) is 0 Å². The van der Waals surface area contributed by atoms with Gasteiger partial charge in [-0.05, 0) is 30.7 Å². The van der Waals surface area contributed by atoms with Crippen molar-refractivity contribution in [2.24, 2.45) is 0 Å². The second-order valence-corrected chi connectivity index (χ2v) is 6.41. The van der Waals surface area contributed by atoms with Crippen molar-refractivity contribution < 1.29 is 14.3 Å². The number of imidazole rings is 1. The molecule has 8 heteroatoms. The van der Waals surface area contributed by atoms with E-state index in [1.54, 1.807) is 15.4 Å². The van der Waals surface area contributed by atoms with Gasteiger partial charge in [-0.15, -0.1) is 0 Å². The predicted octanol–water partition coefficient (Wildman–Crippen LogP) is 2.77. The Morgan fingerprint density at radius 3 is 2.66 bits per heavy atom. The zero-order valence-electron chi connectivity index (χ0n) is 15.9. The second-order valence-electron chi connectivity index (χ2n) is 6.41. The Morgan fingerprint density at radius 1 is 1.10 bits per heavy atom. The van der Waals surface area contributed by atoms with Crippen LogP contribution < -0.4 is 10.4 Å². The third-order valence-electron chi connectivity index (χ3n) is 4.56. The minimum absolute atomic E-state index is 0.112. The zero-order chi connectivity index (χ0) is 20.2. The highest BCUT2D eigenvalue weighted by Gasteiger charge is 2.20. The number of aryl methyl sites for hydroxylation is 1. The van der Waals surface area contributed by atoms with Gasteiger partial charge < -0.3 is 14.5 Å². The molecule has 0 unspecified atom stereocenters. The third kappa shape index (κ3) is 3.77. The predicted molar refractivity (Wildman–Crippen MR) is 108 cm³/mol. The van der Waals surface area contributed by atoms with Gasteiger partial charge in [0, 0.05) is 6.54 Å². The van der Waals surface area contributed by atoms with E-state index >= 15 is 0 Å². The lowest BCUT2D eigenvalue weighted by atomic mass is 10.3. The Balaban J connectivity index is 1.40. The molecule has 0 aliphatic heterocycles. The van der Waals surface area contributed by atoms with E-state index in [4.69, 9.17) is 9.47 Å². The maximum Gasteiger partial charge on any atom is 0.362 e. The molecule has 0 atom stereocenters. The number of carbonyl (C=O) groups excluding carboxylic acids is 1. The first kappa shape index (κ1) is 18.5. The van der Waals surface area contributed by atoms with Gasteiger partial charge in [-0.2, -0.15) is 5.10 Å². The van der Waals surface area contributed by atoms with Crippen molar-refractivity contribution in [3.8, 4) is 11.4 Å². The summed E-state index contributed by atoms with van der Waals surface area (Å²) in [4.78, 5) is 27.3. The summed E-state index contributed by atoms with van der Waals surface area (Å²) < 4.78 is 13.8. The molecule has 0 saturated heterocycles. The molecular weight excluding hydrogens is 372 g/mol. The fraction of sp³-hybridized carbons (Fsp3) is 0.190. The Morgan fingerprint density at radius 2 is 1.86 bits per heavy atom. The van der Waals surface area contributed by atoms with Gasteiger partial charge in [0.1, 0.15) is 0 Å². The molecule has 0 spiro atoms. The van der Waals surface area contributed by atoms with Crippen LogP contribution in [0.15, 0.2) is 65.6 Å². The smallest absolute Gasteiger partial charge is 0.362 e. The number of hydrogen-bond acceptors (Lipinski definition) is 5. The van der Waals surface area contributed by atoms with Gasteiger partial charge in [0.05, 0.1) is 36.6 Å². The van der Waals surface area contributed by atoms with Crippen LogP contribution in [-0.4, -0.2) is 39.0 Å². The summed E-state index contributed by atoms with van der Waals surface area (Å²) in [6.45, 7) is 0.595. The monoisotopic (exact) mass is 392 g/mol. The minimum Gasteiger partial charge on any atom is -0.493 e. The Labute approximate surface area is 166 Å². The van der Waals surface area contributed by atoms with E-state index in [0.717, 1.165) is 16.7 Å². The van der Waals surface area contributed by atoms with Crippen LogP contribution in [-0.2, 0) is 11.3 Å². The van der Waals surface area contributed by atoms with Crippen molar-refractivity contribution in [3.63, 3.8) is 0 Å². The standard InChI is InChI=1S/C21H20N4O4/c1-28-18-14-25(15-8-3-2-4-9-15)23-19(18)20(26)29-13-7-12-24-17-11-6-5-10-16(17)22-21(24)27/h2-6,8-11,14H,7,12-13H2,1H3,(H,22,27). The number of rotatable bonds is 7. The van der Waals surface area contributed by atoms with Crippen molar-refractivity contribution in [1.82, 2.24) is 19.3 Å². The van der Waals surface area contributed by atoms with E-state index in [9.17, 15) is 9.59 Å². The molecule has 29 heavy (non-hydrogen) atoms. The molecule has 0 aliphatic rings. The summed E-state index contributed by atoms with van der Waals surface area (Å²) in [5.74, 6) is -0.227. The van der Waals surface area contributed by atoms with Crippen LogP contribution in [0.3, 0.4) is 0 Å². The molecule has 1 N–H and O–H groups in total. The number of fused-ring (bicyclic) bond motifs is 1. The van der Waals surface area contributed by atoms with Crippen molar-refractivity contribution in [2.45, 2.75) is 13.0 Å². The lowest BCUT2D eigenvalue weighted by Gasteiger charge is -2.05.